The molecule has 1 amide bonds. The maximum atomic E-state index is 13.4. The molecule has 0 radical (unpaired) electrons. The number of piperidine rings is 1. The zero-order chi connectivity index (χ0) is 22.6. The molecule has 2 fully saturated rings. The number of hydrogen-bond donors (Lipinski definition) is 1. The van der Waals surface area contributed by atoms with Gasteiger partial charge in [-0.2, -0.15) is 13.2 Å². The lowest BCUT2D eigenvalue weighted by atomic mass is 9.77. The van der Waals surface area contributed by atoms with Crippen LogP contribution < -0.4 is 0 Å². The Morgan fingerprint density at radius 1 is 1.23 bits per heavy atom. The summed E-state index contributed by atoms with van der Waals surface area (Å²) in [6, 6.07) is 6.81. The molecule has 1 unspecified atom stereocenters. The molecule has 0 aliphatic carbocycles. The molecule has 3 heterocycles. The van der Waals surface area contributed by atoms with E-state index in [-0.39, 0.29) is 17.3 Å². The molecule has 2 saturated heterocycles. The Labute approximate surface area is 180 Å². The average molecular weight is 459 g/mol. The molecule has 1 atom stereocenters. The lowest BCUT2D eigenvalue weighted by Crippen LogP contribution is -2.67. The highest BCUT2D eigenvalue weighted by atomic mass is 32.1. The SMILES string of the molecule is O=C(O)C(F)(F)F.O=C(c1cscn1)N1CCCC2(CCN2Cc2cccc(F)c2)C1. The maximum absolute atomic E-state index is 13.4. The number of carbonyl (C=O) groups excluding carboxylic acids is 1. The van der Waals surface area contributed by atoms with Crippen molar-refractivity contribution in [3.63, 3.8) is 0 Å². The molecule has 1 spiro atoms. The minimum atomic E-state index is -5.08. The van der Waals surface area contributed by atoms with Crippen molar-refractivity contribution in [2.45, 2.75) is 37.5 Å². The third-order valence-corrected chi connectivity index (χ3v) is 6.10. The Morgan fingerprint density at radius 3 is 2.52 bits per heavy atom. The first-order chi connectivity index (χ1) is 14.6. The third-order valence-electron chi connectivity index (χ3n) is 5.52. The van der Waals surface area contributed by atoms with Crippen LogP contribution in [0.25, 0.3) is 0 Å². The minimum Gasteiger partial charge on any atom is -0.475 e. The molecule has 6 nitrogen and oxygen atoms in total. The van der Waals surface area contributed by atoms with E-state index in [2.05, 4.69) is 9.88 Å². The largest absolute Gasteiger partial charge is 0.490 e. The number of thiazole rings is 1. The zero-order valence-electron chi connectivity index (χ0n) is 16.4. The molecular formula is C20H21F4N3O3S. The first kappa shape index (κ1) is 23.1. The highest BCUT2D eigenvalue weighted by Gasteiger charge is 2.48. The number of carbonyl (C=O) groups is 2. The Bertz CT molecular complexity index is 923. The van der Waals surface area contributed by atoms with E-state index in [9.17, 15) is 22.4 Å². The van der Waals surface area contributed by atoms with Gasteiger partial charge in [0.05, 0.1) is 5.51 Å². The Balaban J connectivity index is 0.000000339. The predicted molar refractivity (Wildman–Crippen MR) is 105 cm³/mol. The van der Waals surface area contributed by atoms with Crippen LogP contribution in [0.3, 0.4) is 0 Å². The monoisotopic (exact) mass is 459 g/mol. The lowest BCUT2D eigenvalue weighted by molar-refractivity contribution is -0.192. The molecule has 1 aromatic heterocycles. The first-order valence-electron chi connectivity index (χ1n) is 9.58. The van der Waals surface area contributed by atoms with Gasteiger partial charge in [0.1, 0.15) is 11.5 Å². The average Bonchev–Trinajstić information content (AvgIpc) is 3.25. The number of halogens is 4. The number of benzene rings is 1. The van der Waals surface area contributed by atoms with Crippen molar-refractivity contribution in [3.8, 4) is 0 Å². The molecule has 0 saturated carbocycles. The van der Waals surface area contributed by atoms with Crippen molar-refractivity contribution < 1.29 is 32.3 Å². The van der Waals surface area contributed by atoms with E-state index in [0.29, 0.717) is 5.69 Å². The summed E-state index contributed by atoms with van der Waals surface area (Å²) >= 11 is 1.45. The van der Waals surface area contributed by atoms with E-state index in [4.69, 9.17) is 9.90 Å². The quantitative estimate of drug-likeness (QED) is 0.707. The van der Waals surface area contributed by atoms with E-state index < -0.39 is 12.1 Å². The van der Waals surface area contributed by atoms with Crippen LogP contribution >= 0.6 is 11.3 Å². The molecular weight excluding hydrogens is 438 g/mol. The molecule has 1 N–H and O–H groups in total. The lowest BCUT2D eigenvalue weighted by Gasteiger charge is -2.57. The van der Waals surface area contributed by atoms with Crippen molar-refractivity contribution in [2.75, 3.05) is 19.6 Å². The van der Waals surface area contributed by atoms with Gasteiger partial charge in [-0.3, -0.25) is 9.69 Å². The smallest absolute Gasteiger partial charge is 0.475 e. The van der Waals surface area contributed by atoms with Crippen LogP contribution in [-0.2, 0) is 11.3 Å². The van der Waals surface area contributed by atoms with E-state index in [1.165, 1.54) is 17.4 Å². The van der Waals surface area contributed by atoms with Gasteiger partial charge in [-0.1, -0.05) is 12.1 Å². The number of carboxylic acid groups (broad SMARTS) is 1. The van der Waals surface area contributed by atoms with Crippen molar-refractivity contribution in [2.24, 2.45) is 0 Å². The van der Waals surface area contributed by atoms with Gasteiger partial charge in [-0.05, 0) is 37.0 Å². The van der Waals surface area contributed by atoms with Gasteiger partial charge < -0.3 is 10.0 Å². The molecule has 168 valence electrons. The summed E-state index contributed by atoms with van der Waals surface area (Å²) in [7, 11) is 0. The van der Waals surface area contributed by atoms with Gasteiger partial charge in [-0.15, -0.1) is 11.3 Å². The van der Waals surface area contributed by atoms with Crippen LogP contribution in [-0.4, -0.2) is 63.1 Å². The van der Waals surface area contributed by atoms with E-state index in [1.54, 1.807) is 17.6 Å². The molecule has 11 heteroatoms. The molecule has 2 aromatic rings. The predicted octanol–water partition coefficient (Wildman–Crippen LogP) is 3.80. The summed E-state index contributed by atoms with van der Waals surface area (Å²) in [4.78, 5) is 30.0. The molecule has 4 rings (SSSR count). The van der Waals surface area contributed by atoms with Crippen LogP contribution in [0, 0.1) is 5.82 Å². The molecule has 1 aromatic carbocycles. The van der Waals surface area contributed by atoms with Gasteiger partial charge >= 0.3 is 12.1 Å². The zero-order valence-corrected chi connectivity index (χ0v) is 17.3. The Kier molecular flexibility index (Phi) is 6.95. The van der Waals surface area contributed by atoms with E-state index >= 15 is 0 Å². The van der Waals surface area contributed by atoms with Gasteiger partial charge in [0, 0.05) is 37.1 Å². The van der Waals surface area contributed by atoms with E-state index in [1.807, 2.05) is 16.3 Å². The molecule has 31 heavy (non-hydrogen) atoms. The van der Waals surface area contributed by atoms with Crippen LogP contribution in [0.5, 0.6) is 0 Å². The van der Waals surface area contributed by atoms with E-state index in [0.717, 1.165) is 51.0 Å². The number of amides is 1. The summed E-state index contributed by atoms with van der Waals surface area (Å²) in [5.74, 6) is -2.91. The van der Waals surface area contributed by atoms with Crippen LogP contribution in [0.2, 0.25) is 0 Å². The third kappa shape index (κ3) is 5.59. The number of likely N-dealkylation sites (tertiary alicyclic amines) is 2. The first-order valence-corrected chi connectivity index (χ1v) is 10.5. The summed E-state index contributed by atoms with van der Waals surface area (Å²) in [5.41, 5.74) is 3.30. The number of aromatic nitrogens is 1. The standard InChI is InChI=1S/C18H20FN3OS.C2HF3O2/c19-15-4-1-3-14(9-15)10-22-8-6-18(22)5-2-7-21(12-18)17(23)16-11-24-13-20-16;3-2(4,5)1(6)7/h1,3-4,9,11,13H,2,5-8,10,12H2;(H,6,7). The summed E-state index contributed by atoms with van der Waals surface area (Å²) in [6.07, 6.45) is -1.87. The normalized spacial score (nSPS) is 21.2. The van der Waals surface area contributed by atoms with Crippen molar-refractivity contribution in [1.82, 2.24) is 14.8 Å². The van der Waals surface area contributed by atoms with Crippen molar-refractivity contribution in [1.29, 1.82) is 0 Å². The molecule has 2 aliphatic heterocycles. The number of aliphatic carboxylic acids is 1. The second kappa shape index (κ2) is 9.31. The summed E-state index contributed by atoms with van der Waals surface area (Å²) in [5, 5.41) is 8.94. The van der Waals surface area contributed by atoms with Crippen LogP contribution in [0.15, 0.2) is 35.2 Å². The van der Waals surface area contributed by atoms with Crippen molar-refractivity contribution in [3.05, 3.63) is 52.2 Å². The summed E-state index contributed by atoms with van der Waals surface area (Å²) in [6.45, 7) is 3.30. The second-order valence-electron chi connectivity index (χ2n) is 7.53. The van der Waals surface area contributed by atoms with Crippen LogP contribution in [0.1, 0.15) is 35.3 Å². The fraction of sp³-hybridized carbons (Fsp3) is 0.450. The molecule has 0 bridgehead atoms. The fourth-order valence-corrected chi connectivity index (χ4v) is 4.44. The number of carboxylic acids is 1. The Morgan fingerprint density at radius 2 is 1.97 bits per heavy atom. The van der Waals surface area contributed by atoms with Gasteiger partial charge in [0.2, 0.25) is 0 Å². The highest BCUT2D eigenvalue weighted by Crippen LogP contribution is 2.40. The summed E-state index contributed by atoms with van der Waals surface area (Å²) < 4.78 is 45.2. The number of hydrogen-bond acceptors (Lipinski definition) is 5. The van der Waals surface area contributed by atoms with Gasteiger partial charge in [0.15, 0.2) is 0 Å². The Hall–Kier alpha value is -2.53. The van der Waals surface area contributed by atoms with Crippen LogP contribution in [0.4, 0.5) is 17.6 Å². The minimum absolute atomic E-state index is 0.0351. The van der Waals surface area contributed by atoms with Crippen molar-refractivity contribution >= 4 is 23.2 Å². The number of rotatable bonds is 3. The number of alkyl halides is 3. The van der Waals surface area contributed by atoms with Gasteiger partial charge in [-0.25, -0.2) is 14.2 Å². The highest BCUT2D eigenvalue weighted by molar-refractivity contribution is 7.07. The fourth-order valence-electron chi connectivity index (χ4n) is 3.92. The van der Waals surface area contributed by atoms with Gasteiger partial charge in [0.25, 0.3) is 5.91 Å². The maximum Gasteiger partial charge on any atom is 0.490 e. The molecule has 2 aliphatic rings. The number of nitrogens with zero attached hydrogens (tertiary/aromatic N) is 3. The topological polar surface area (TPSA) is 73.7 Å². The second-order valence-corrected chi connectivity index (χ2v) is 8.25.